The molecule has 3 heterocycles. The van der Waals surface area contributed by atoms with Crippen molar-refractivity contribution in [2.24, 2.45) is 16.7 Å². The minimum Gasteiger partial charge on any atom is -0.385 e. The van der Waals surface area contributed by atoms with Gasteiger partial charge in [0, 0.05) is 58.6 Å². The monoisotopic (exact) mass is 670 g/mol. The number of carbonyl (C=O) groups excluding carboxylic acids is 4. The second kappa shape index (κ2) is 14.5. The lowest BCUT2D eigenvalue weighted by Crippen LogP contribution is -2.66. The molecule has 3 aliphatic rings. The Morgan fingerprint density at radius 3 is 2.24 bits per heavy atom. The molecule has 3 atom stereocenters. The van der Waals surface area contributed by atoms with E-state index in [0.717, 1.165) is 24.0 Å². The van der Waals surface area contributed by atoms with Crippen LogP contribution in [0.15, 0.2) is 73.1 Å². The van der Waals surface area contributed by atoms with Crippen molar-refractivity contribution in [3.63, 3.8) is 0 Å². The van der Waals surface area contributed by atoms with Crippen LogP contribution in [0, 0.1) is 16.7 Å². The maximum absolute atomic E-state index is 14.2. The van der Waals surface area contributed by atoms with Crippen molar-refractivity contribution in [2.75, 3.05) is 46.9 Å². The molecular weight excluding hydrogens is 624 g/mol. The van der Waals surface area contributed by atoms with Gasteiger partial charge < -0.3 is 29.9 Å². The first kappa shape index (κ1) is 34.3. The van der Waals surface area contributed by atoms with Gasteiger partial charge in [-0.3, -0.25) is 23.9 Å². The highest BCUT2D eigenvalue weighted by Gasteiger charge is 2.62. The molecule has 3 aromatic rings. The van der Waals surface area contributed by atoms with Crippen molar-refractivity contribution in [1.29, 1.82) is 0 Å². The van der Waals surface area contributed by atoms with Gasteiger partial charge in [0.25, 0.3) is 5.91 Å². The van der Waals surface area contributed by atoms with E-state index in [9.17, 15) is 19.2 Å². The number of methoxy groups -OCH3 is 1. The van der Waals surface area contributed by atoms with E-state index < -0.39 is 28.9 Å². The number of nitrogens with one attached hydrogen (secondary N) is 2. The average molecular weight is 671 g/mol. The van der Waals surface area contributed by atoms with Crippen LogP contribution in [0.5, 0.6) is 0 Å². The van der Waals surface area contributed by atoms with E-state index in [4.69, 9.17) is 9.47 Å². The number of hydrogen-bond acceptors (Lipinski definition) is 7. The molecule has 2 N–H and O–H groups in total. The van der Waals surface area contributed by atoms with Crippen molar-refractivity contribution in [1.82, 2.24) is 30.2 Å². The SMILES string of the molecule is CNC(=O)[C@@H](NC(=O)[C@H]1CN(C(=O)c2cnn(Cc3ccccc3)c2)CC12CN(C(=O)C1(CCOC)CC1)C2)[C@@H](C)OCc1ccccc1. The summed E-state index contributed by atoms with van der Waals surface area (Å²) in [5.74, 6) is -1.49. The van der Waals surface area contributed by atoms with Crippen LogP contribution in [-0.2, 0) is 37.0 Å². The van der Waals surface area contributed by atoms with Crippen LogP contribution in [0.3, 0.4) is 0 Å². The fourth-order valence-corrected chi connectivity index (χ4v) is 7.23. The minimum atomic E-state index is -0.958. The Hall–Kier alpha value is -4.55. The third kappa shape index (κ3) is 7.40. The third-order valence-corrected chi connectivity index (χ3v) is 10.4. The number of aromatic nitrogens is 2. The number of ether oxygens (including phenoxy) is 2. The van der Waals surface area contributed by atoms with E-state index in [2.05, 4.69) is 15.7 Å². The summed E-state index contributed by atoms with van der Waals surface area (Å²) in [6, 6.07) is 18.5. The molecule has 12 nitrogen and oxygen atoms in total. The number of amides is 4. The van der Waals surface area contributed by atoms with Crippen LogP contribution >= 0.6 is 0 Å². The van der Waals surface area contributed by atoms with E-state index in [0.29, 0.717) is 44.8 Å². The van der Waals surface area contributed by atoms with Gasteiger partial charge in [-0.1, -0.05) is 60.7 Å². The molecule has 0 radical (unpaired) electrons. The first-order valence-electron chi connectivity index (χ1n) is 17.0. The normalized spacial score (nSPS) is 19.9. The van der Waals surface area contributed by atoms with Gasteiger partial charge in [-0.2, -0.15) is 5.10 Å². The van der Waals surface area contributed by atoms with Gasteiger partial charge in [0.05, 0.1) is 42.3 Å². The van der Waals surface area contributed by atoms with E-state index in [1.807, 2.05) is 65.6 Å². The van der Waals surface area contributed by atoms with Gasteiger partial charge in [-0.25, -0.2) is 0 Å². The van der Waals surface area contributed by atoms with E-state index >= 15 is 0 Å². The first-order chi connectivity index (χ1) is 23.7. The number of likely N-dealkylation sites (N-methyl/N-ethyl adjacent to an activating group) is 1. The van der Waals surface area contributed by atoms with Gasteiger partial charge in [0.15, 0.2) is 0 Å². The summed E-state index contributed by atoms with van der Waals surface area (Å²) in [5, 5.41) is 10.0. The van der Waals surface area contributed by atoms with Crippen LogP contribution in [0.2, 0.25) is 0 Å². The lowest BCUT2D eigenvalue weighted by atomic mass is 9.70. The lowest BCUT2D eigenvalue weighted by molar-refractivity contribution is -0.155. The number of carbonyl (C=O) groups is 4. The fourth-order valence-electron chi connectivity index (χ4n) is 7.23. The first-order valence-corrected chi connectivity index (χ1v) is 17.0. The Balaban J connectivity index is 1.18. The van der Waals surface area contributed by atoms with E-state index in [1.54, 1.807) is 36.0 Å². The molecule has 0 unspecified atom stereocenters. The van der Waals surface area contributed by atoms with Gasteiger partial charge >= 0.3 is 0 Å². The summed E-state index contributed by atoms with van der Waals surface area (Å²) in [4.78, 5) is 58.3. The molecule has 1 saturated carbocycles. The Labute approximate surface area is 287 Å². The zero-order chi connectivity index (χ0) is 34.6. The van der Waals surface area contributed by atoms with Gasteiger partial charge in [-0.05, 0) is 37.3 Å². The Morgan fingerprint density at radius 2 is 1.61 bits per heavy atom. The molecule has 3 fully saturated rings. The molecule has 4 amide bonds. The highest BCUT2D eigenvalue weighted by atomic mass is 16.5. The summed E-state index contributed by atoms with van der Waals surface area (Å²) in [6.45, 7) is 4.27. The lowest BCUT2D eigenvalue weighted by Gasteiger charge is -2.51. The number of hydrogen-bond donors (Lipinski definition) is 2. The van der Waals surface area contributed by atoms with Crippen LogP contribution in [0.1, 0.15) is 47.7 Å². The topological polar surface area (TPSA) is 135 Å². The van der Waals surface area contributed by atoms with Crippen molar-refractivity contribution < 1.29 is 28.7 Å². The maximum atomic E-state index is 14.2. The summed E-state index contributed by atoms with van der Waals surface area (Å²) in [6.07, 6.45) is 4.98. The van der Waals surface area contributed by atoms with Gasteiger partial charge in [0.2, 0.25) is 17.7 Å². The predicted molar refractivity (Wildman–Crippen MR) is 181 cm³/mol. The molecule has 1 spiro atoms. The van der Waals surface area contributed by atoms with Crippen molar-refractivity contribution in [3.05, 3.63) is 89.7 Å². The third-order valence-electron chi connectivity index (χ3n) is 10.4. The van der Waals surface area contributed by atoms with Gasteiger partial charge in [0.1, 0.15) is 6.04 Å². The van der Waals surface area contributed by atoms with Crippen molar-refractivity contribution in [3.8, 4) is 0 Å². The molecule has 1 aliphatic carbocycles. The molecule has 49 heavy (non-hydrogen) atoms. The quantitative estimate of drug-likeness (QED) is 0.269. The average Bonchev–Trinajstić information content (AvgIpc) is 3.56. The Bertz CT molecular complexity index is 1630. The van der Waals surface area contributed by atoms with Crippen LogP contribution < -0.4 is 10.6 Å². The molecule has 2 aliphatic heterocycles. The summed E-state index contributed by atoms with van der Waals surface area (Å²) >= 11 is 0. The molecule has 260 valence electrons. The number of rotatable bonds is 14. The maximum Gasteiger partial charge on any atom is 0.257 e. The summed E-state index contributed by atoms with van der Waals surface area (Å²) in [5.41, 5.74) is 1.40. The van der Waals surface area contributed by atoms with E-state index in [-0.39, 0.29) is 36.8 Å². The zero-order valence-corrected chi connectivity index (χ0v) is 28.5. The largest absolute Gasteiger partial charge is 0.385 e. The van der Waals surface area contributed by atoms with Crippen LogP contribution in [0.25, 0.3) is 0 Å². The Kier molecular flexibility index (Phi) is 10.2. The molecule has 2 saturated heterocycles. The summed E-state index contributed by atoms with van der Waals surface area (Å²) in [7, 11) is 3.16. The molecule has 6 rings (SSSR count). The number of benzene rings is 2. The zero-order valence-electron chi connectivity index (χ0n) is 28.5. The molecule has 0 bridgehead atoms. The van der Waals surface area contributed by atoms with Crippen LogP contribution in [-0.4, -0.2) is 102 Å². The predicted octanol–water partition coefficient (Wildman–Crippen LogP) is 2.48. The van der Waals surface area contributed by atoms with E-state index in [1.165, 1.54) is 7.05 Å². The molecule has 12 heteroatoms. The molecule has 2 aromatic carbocycles. The van der Waals surface area contributed by atoms with Crippen LogP contribution in [0.4, 0.5) is 0 Å². The number of nitrogens with zero attached hydrogens (tertiary/aromatic N) is 4. The molecular formula is C37H46N6O6. The van der Waals surface area contributed by atoms with Crippen molar-refractivity contribution in [2.45, 2.75) is 51.5 Å². The smallest absolute Gasteiger partial charge is 0.257 e. The molecule has 1 aromatic heterocycles. The number of likely N-dealkylation sites (tertiary alicyclic amines) is 2. The minimum absolute atomic E-state index is 0.0902. The fraction of sp³-hybridized carbons (Fsp3) is 0.486. The highest BCUT2D eigenvalue weighted by molar-refractivity contribution is 5.96. The van der Waals surface area contributed by atoms with Crippen molar-refractivity contribution >= 4 is 23.6 Å². The second-order valence-electron chi connectivity index (χ2n) is 13.8. The highest BCUT2D eigenvalue weighted by Crippen LogP contribution is 2.53. The Morgan fingerprint density at radius 1 is 0.959 bits per heavy atom. The summed E-state index contributed by atoms with van der Waals surface area (Å²) < 4.78 is 13.0. The standard InChI is InChI=1S/C37H46N6O6/c1-26(49-22-28-12-8-5-9-13-28)31(33(45)38-2)40-32(44)30-21-41(34(46)29-18-39-43(20-29)19-27-10-6-4-7-11-27)23-37(30)24-42(25-37)35(47)36(14-15-36)16-17-48-3/h4-13,18,20,26,30-31H,14-17,19,21-25H2,1-3H3,(H,38,45)(H,40,44)/t26-,30-,31+/m1/s1. The van der Waals surface area contributed by atoms with Gasteiger partial charge in [-0.15, -0.1) is 0 Å². The second-order valence-corrected chi connectivity index (χ2v) is 13.8.